The van der Waals surface area contributed by atoms with E-state index in [4.69, 9.17) is 16.3 Å². The van der Waals surface area contributed by atoms with Crippen LogP contribution in [0.3, 0.4) is 0 Å². The number of hydrogen-bond donors (Lipinski definition) is 4. The third-order valence-corrected chi connectivity index (χ3v) is 3.75. The van der Waals surface area contributed by atoms with E-state index in [1.807, 2.05) is 0 Å². The van der Waals surface area contributed by atoms with Gasteiger partial charge in [-0.15, -0.1) is 6.42 Å². The van der Waals surface area contributed by atoms with Gasteiger partial charge in [-0.3, -0.25) is 4.57 Å². The van der Waals surface area contributed by atoms with E-state index in [1.54, 1.807) is 0 Å². The first-order chi connectivity index (χ1) is 10.6. The molecule has 1 fully saturated rings. The number of rotatable bonds is 3. The highest BCUT2D eigenvalue weighted by atomic mass is 16.6. The molecule has 0 aromatic carbocycles. The molecule has 0 radical (unpaired) electrons. The fraction of sp³-hybridized carbons (Fsp3) is 0.538. The molecular weight excluding hydrogens is 292 g/mol. The number of aliphatic hydroxyl groups is 4. The summed E-state index contributed by atoms with van der Waals surface area (Å²) in [5, 5.41) is 39.2. The number of ether oxygens (including phenoxy) is 1. The van der Waals surface area contributed by atoms with Crippen molar-refractivity contribution in [2.24, 2.45) is 4.99 Å². The smallest absolute Gasteiger partial charge is 0.175 e. The second-order valence-electron chi connectivity index (χ2n) is 5.08. The molecule has 2 aliphatic rings. The summed E-state index contributed by atoms with van der Waals surface area (Å²) in [6, 6.07) is 0. The minimum Gasteiger partial charge on any atom is -0.394 e. The molecule has 0 amide bonds. The topological polar surface area (TPSA) is 124 Å². The molecule has 3 rings (SSSR count). The lowest BCUT2D eigenvalue weighted by atomic mass is 10.1. The van der Waals surface area contributed by atoms with E-state index < -0.39 is 37.4 Å². The number of aromatic nitrogens is 2. The quantitative estimate of drug-likeness (QED) is 0.481. The van der Waals surface area contributed by atoms with Crippen molar-refractivity contribution in [3.05, 3.63) is 12.0 Å². The van der Waals surface area contributed by atoms with Crippen LogP contribution in [-0.4, -0.2) is 72.7 Å². The van der Waals surface area contributed by atoms with Crippen molar-refractivity contribution in [1.82, 2.24) is 14.5 Å². The van der Waals surface area contributed by atoms with E-state index in [-0.39, 0.29) is 12.2 Å². The third-order valence-electron chi connectivity index (χ3n) is 3.75. The molecule has 0 spiro atoms. The van der Waals surface area contributed by atoms with Crippen molar-refractivity contribution in [3.63, 3.8) is 0 Å². The summed E-state index contributed by atoms with van der Waals surface area (Å²) in [6.07, 6.45) is 2.59. The van der Waals surface area contributed by atoms with Crippen molar-refractivity contribution in [3.8, 4) is 12.3 Å². The van der Waals surface area contributed by atoms with Crippen LogP contribution in [0.15, 0.2) is 11.3 Å². The zero-order chi connectivity index (χ0) is 15.9. The van der Waals surface area contributed by atoms with Gasteiger partial charge in [0.15, 0.2) is 18.3 Å². The molecule has 3 unspecified atom stereocenters. The van der Waals surface area contributed by atoms with Gasteiger partial charge in [0, 0.05) is 0 Å². The van der Waals surface area contributed by atoms with E-state index in [2.05, 4.69) is 15.9 Å². The molecule has 22 heavy (non-hydrogen) atoms. The maximum absolute atomic E-state index is 10.2. The van der Waals surface area contributed by atoms with Crippen LogP contribution in [0.1, 0.15) is 18.1 Å². The molecule has 1 aromatic rings. The Balaban J connectivity index is 1.91. The first kappa shape index (κ1) is 15.0. The fourth-order valence-electron chi connectivity index (χ4n) is 2.56. The van der Waals surface area contributed by atoms with Gasteiger partial charge < -0.3 is 30.1 Å². The predicted octanol–water partition coefficient (Wildman–Crippen LogP) is -1.91. The standard InChI is InChI=1S/C13H16N4O5/c1-2-3-16-5-15-11-8(12(16)21)14-6-17(11)13-10(20)9(19)7(4-18)22-13/h1,5-7,9-10,12-13,18-21H,3-4H2/t7-,9?,10?,12?,13-/m1/s1. The molecule has 0 aliphatic carbocycles. The molecule has 1 saturated heterocycles. The fourth-order valence-corrected chi connectivity index (χ4v) is 2.56. The second-order valence-corrected chi connectivity index (χ2v) is 5.08. The summed E-state index contributed by atoms with van der Waals surface area (Å²) in [6.45, 7) is -0.252. The van der Waals surface area contributed by atoms with Crippen LogP contribution in [0.2, 0.25) is 0 Å². The lowest BCUT2D eigenvalue weighted by Crippen LogP contribution is -2.33. The Bertz CT molecular complexity index is 624. The first-order valence-corrected chi connectivity index (χ1v) is 6.69. The van der Waals surface area contributed by atoms with Gasteiger partial charge >= 0.3 is 0 Å². The zero-order valence-electron chi connectivity index (χ0n) is 11.5. The molecule has 9 nitrogen and oxygen atoms in total. The Labute approximate surface area is 126 Å². The summed E-state index contributed by atoms with van der Waals surface area (Å²) in [7, 11) is 0. The minimum absolute atomic E-state index is 0.171. The monoisotopic (exact) mass is 308 g/mol. The third kappa shape index (κ3) is 2.18. The van der Waals surface area contributed by atoms with Crippen LogP contribution in [0.4, 0.5) is 5.82 Å². The van der Waals surface area contributed by atoms with E-state index >= 15 is 0 Å². The van der Waals surface area contributed by atoms with Gasteiger partial charge in [-0.25, -0.2) is 9.98 Å². The lowest BCUT2D eigenvalue weighted by molar-refractivity contribution is -0.0522. The summed E-state index contributed by atoms with van der Waals surface area (Å²) in [5.74, 6) is 2.70. The van der Waals surface area contributed by atoms with Gasteiger partial charge in [-0.05, 0) is 0 Å². The maximum Gasteiger partial charge on any atom is 0.175 e. The van der Waals surface area contributed by atoms with E-state index in [0.29, 0.717) is 5.82 Å². The number of aliphatic imine (C=N–C) groups is 1. The van der Waals surface area contributed by atoms with Gasteiger partial charge in [-0.1, -0.05) is 5.92 Å². The van der Waals surface area contributed by atoms with E-state index in [0.717, 1.165) is 0 Å². The highest BCUT2D eigenvalue weighted by molar-refractivity contribution is 5.65. The Morgan fingerprint density at radius 3 is 2.73 bits per heavy atom. The molecule has 9 heteroatoms. The lowest BCUT2D eigenvalue weighted by Gasteiger charge is -2.27. The molecule has 1 aromatic heterocycles. The summed E-state index contributed by atoms with van der Waals surface area (Å²) < 4.78 is 6.84. The van der Waals surface area contributed by atoms with Crippen LogP contribution < -0.4 is 0 Å². The Hall–Kier alpha value is -1.96. The van der Waals surface area contributed by atoms with E-state index in [1.165, 1.54) is 22.1 Å². The maximum atomic E-state index is 10.2. The number of aliphatic hydroxyl groups excluding tert-OH is 4. The van der Waals surface area contributed by atoms with E-state index in [9.17, 15) is 15.3 Å². The summed E-state index contributed by atoms with van der Waals surface area (Å²) in [5.41, 5.74) is 0.274. The minimum atomic E-state index is -1.24. The van der Waals surface area contributed by atoms with Crippen LogP contribution in [0.5, 0.6) is 0 Å². The average Bonchev–Trinajstić information content (AvgIpc) is 3.05. The van der Waals surface area contributed by atoms with Crippen LogP contribution in [-0.2, 0) is 4.74 Å². The molecular formula is C13H16N4O5. The van der Waals surface area contributed by atoms with Crippen molar-refractivity contribution in [2.75, 3.05) is 13.2 Å². The van der Waals surface area contributed by atoms with Crippen LogP contribution in [0, 0.1) is 12.3 Å². The van der Waals surface area contributed by atoms with Gasteiger partial charge in [-0.2, -0.15) is 0 Å². The summed E-state index contributed by atoms with van der Waals surface area (Å²) >= 11 is 0. The normalized spacial score (nSPS) is 33.8. The molecule has 4 N–H and O–H groups in total. The number of hydrogen-bond acceptors (Lipinski definition) is 8. The highest BCUT2D eigenvalue weighted by Crippen LogP contribution is 2.37. The van der Waals surface area contributed by atoms with Crippen molar-refractivity contribution in [1.29, 1.82) is 0 Å². The molecule has 2 aliphatic heterocycles. The number of fused-ring (bicyclic) bond motifs is 1. The molecule has 0 bridgehead atoms. The average molecular weight is 308 g/mol. The van der Waals surface area contributed by atoms with Gasteiger partial charge in [0.1, 0.15) is 24.0 Å². The molecule has 5 atom stereocenters. The highest BCUT2D eigenvalue weighted by Gasteiger charge is 2.44. The first-order valence-electron chi connectivity index (χ1n) is 6.69. The molecule has 118 valence electrons. The van der Waals surface area contributed by atoms with Gasteiger partial charge in [0.2, 0.25) is 0 Å². The molecule has 3 heterocycles. The second kappa shape index (κ2) is 5.68. The summed E-state index contributed by atoms with van der Waals surface area (Å²) in [4.78, 5) is 9.68. The Morgan fingerprint density at radius 1 is 1.32 bits per heavy atom. The SMILES string of the molecule is C#CCN1C=Nc2c(ncn2[C@@H]2O[C@H](CO)C(O)C2O)C1O. The van der Waals surface area contributed by atoms with Crippen molar-refractivity contribution >= 4 is 12.2 Å². The predicted molar refractivity (Wildman–Crippen MR) is 73.9 cm³/mol. The van der Waals surface area contributed by atoms with Crippen molar-refractivity contribution < 1.29 is 25.2 Å². The number of imidazole rings is 1. The van der Waals surface area contributed by atoms with Gasteiger partial charge in [0.25, 0.3) is 0 Å². The number of terminal acetylenes is 1. The largest absolute Gasteiger partial charge is 0.394 e. The Kier molecular flexibility index (Phi) is 3.86. The van der Waals surface area contributed by atoms with Crippen LogP contribution >= 0.6 is 0 Å². The van der Waals surface area contributed by atoms with Gasteiger partial charge in [0.05, 0.1) is 25.8 Å². The molecule has 0 saturated carbocycles. The zero-order valence-corrected chi connectivity index (χ0v) is 11.5. The Morgan fingerprint density at radius 2 is 2.09 bits per heavy atom. The van der Waals surface area contributed by atoms with Crippen LogP contribution in [0.25, 0.3) is 0 Å². The van der Waals surface area contributed by atoms with Crippen molar-refractivity contribution in [2.45, 2.75) is 30.8 Å². The number of nitrogens with zero attached hydrogens (tertiary/aromatic N) is 4.